The molecular weight excluding hydrogens is 192 g/mol. The molecule has 0 fully saturated rings. The zero-order chi connectivity index (χ0) is 11.1. The second-order valence-electron chi connectivity index (χ2n) is 2.86. The maximum absolute atomic E-state index is 10.7. The van der Waals surface area contributed by atoms with Gasteiger partial charge in [-0.2, -0.15) is 0 Å². The maximum Gasteiger partial charge on any atom is 0.335 e. The second-order valence-corrected chi connectivity index (χ2v) is 2.86. The lowest BCUT2D eigenvalue weighted by atomic mass is 10.2. The first-order chi connectivity index (χ1) is 7.24. The molecule has 3 heteroatoms. The number of aromatic carboxylic acids is 1. The first kappa shape index (κ1) is 11.1. The first-order valence-corrected chi connectivity index (χ1v) is 4.60. The number of hydrogen-bond acceptors (Lipinski definition) is 2. The number of carboxylic acid groups (broad SMARTS) is 1. The maximum atomic E-state index is 10.7. The lowest BCUT2D eigenvalue weighted by molar-refractivity contribution is 0.0696. The predicted molar refractivity (Wildman–Crippen MR) is 57.0 cm³/mol. The molecule has 0 radical (unpaired) electrons. The molecule has 0 unspecified atom stereocenters. The highest BCUT2D eigenvalue weighted by Gasteiger charge is 2.02. The van der Waals surface area contributed by atoms with E-state index in [-0.39, 0.29) is 5.56 Å². The number of carbonyl (C=O) groups is 1. The Morgan fingerprint density at radius 3 is 3.00 bits per heavy atom. The average molecular weight is 204 g/mol. The molecule has 0 aliphatic carbocycles. The molecule has 0 saturated carbocycles. The van der Waals surface area contributed by atoms with Crippen molar-refractivity contribution in [1.29, 1.82) is 0 Å². The Morgan fingerprint density at radius 1 is 1.53 bits per heavy atom. The highest BCUT2D eigenvalue weighted by molar-refractivity contribution is 5.87. The van der Waals surface area contributed by atoms with Crippen LogP contribution in [0.5, 0.6) is 5.75 Å². The van der Waals surface area contributed by atoms with Gasteiger partial charge in [-0.05, 0) is 25.1 Å². The van der Waals surface area contributed by atoms with Crippen LogP contribution in [0.25, 0.3) is 0 Å². The third-order valence-electron chi connectivity index (χ3n) is 1.75. The van der Waals surface area contributed by atoms with Crippen LogP contribution >= 0.6 is 0 Å². The molecule has 1 aromatic rings. The van der Waals surface area contributed by atoms with E-state index in [0.29, 0.717) is 18.8 Å². The highest BCUT2D eigenvalue weighted by Crippen LogP contribution is 2.13. The Labute approximate surface area is 88.7 Å². The zero-order valence-corrected chi connectivity index (χ0v) is 8.49. The van der Waals surface area contributed by atoms with Gasteiger partial charge in [-0.15, -0.1) is 11.8 Å². The molecule has 3 nitrogen and oxygen atoms in total. The summed E-state index contributed by atoms with van der Waals surface area (Å²) in [4.78, 5) is 10.7. The Kier molecular flexibility index (Phi) is 4.24. The minimum atomic E-state index is -0.950. The van der Waals surface area contributed by atoms with Gasteiger partial charge in [-0.1, -0.05) is 6.07 Å². The molecule has 0 atom stereocenters. The van der Waals surface area contributed by atoms with Gasteiger partial charge in [-0.3, -0.25) is 0 Å². The minimum Gasteiger partial charge on any atom is -0.493 e. The van der Waals surface area contributed by atoms with E-state index in [1.165, 1.54) is 12.1 Å². The molecule has 78 valence electrons. The predicted octanol–water partition coefficient (Wildman–Crippen LogP) is 2.18. The van der Waals surface area contributed by atoms with Crippen LogP contribution in [-0.2, 0) is 0 Å². The SMILES string of the molecule is CC#CCCOc1cccc(C(=O)O)c1. The topological polar surface area (TPSA) is 46.5 Å². The fraction of sp³-hybridized carbons (Fsp3) is 0.250. The summed E-state index contributed by atoms with van der Waals surface area (Å²) in [5.74, 6) is 5.24. The van der Waals surface area contributed by atoms with E-state index in [1.807, 2.05) is 0 Å². The second kappa shape index (κ2) is 5.71. The molecule has 0 aliphatic rings. The van der Waals surface area contributed by atoms with Crippen LogP contribution in [-0.4, -0.2) is 17.7 Å². The molecule has 0 spiro atoms. The lowest BCUT2D eigenvalue weighted by Gasteiger charge is -2.04. The van der Waals surface area contributed by atoms with Crippen LogP contribution in [0.15, 0.2) is 24.3 Å². The van der Waals surface area contributed by atoms with Gasteiger partial charge in [0.15, 0.2) is 0 Å². The van der Waals surface area contributed by atoms with Gasteiger partial charge in [0, 0.05) is 6.42 Å². The van der Waals surface area contributed by atoms with Gasteiger partial charge in [-0.25, -0.2) is 4.79 Å². The van der Waals surface area contributed by atoms with Crippen molar-refractivity contribution in [3.05, 3.63) is 29.8 Å². The van der Waals surface area contributed by atoms with Crippen LogP contribution in [0.3, 0.4) is 0 Å². The zero-order valence-electron chi connectivity index (χ0n) is 8.49. The molecule has 15 heavy (non-hydrogen) atoms. The number of carboxylic acids is 1. The van der Waals surface area contributed by atoms with E-state index < -0.39 is 5.97 Å². The molecule has 1 rings (SSSR count). The molecule has 0 aromatic heterocycles. The third-order valence-corrected chi connectivity index (χ3v) is 1.75. The normalized spacial score (nSPS) is 8.87. The summed E-state index contributed by atoms with van der Waals surface area (Å²) in [6, 6.07) is 6.42. The van der Waals surface area contributed by atoms with Crippen molar-refractivity contribution in [2.75, 3.05) is 6.61 Å². The number of benzene rings is 1. The van der Waals surface area contributed by atoms with Crippen molar-refractivity contribution in [1.82, 2.24) is 0 Å². The summed E-state index contributed by atoms with van der Waals surface area (Å²) >= 11 is 0. The van der Waals surface area contributed by atoms with Crippen LogP contribution in [0.4, 0.5) is 0 Å². The van der Waals surface area contributed by atoms with E-state index >= 15 is 0 Å². The van der Waals surface area contributed by atoms with Crippen molar-refractivity contribution >= 4 is 5.97 Å². The van der Waals surface area contributed by atoms with Crippen molar-refractivity contribution in [2.24, 2.45) is 0 Å². The van der Waals surface area contributed by atoms with E-state index in [4.69, 9.17) is 9.84 Å². The van der Waals surface area contributed by atoms with Gasteiger partial charge in [0.1, 0.15) is 5.75 Å². The number of hydrogen-bond donors (Lipinski definition) is 1. The van der Waals surface area contributed by atoms with Gasteiger partial charge in [0.05, 0.1) is 12.2 Å². The van der Waals surface area contributed by atoms with E-state index in [2.05, 4.69) is 11.8 Å². The molecule has 0 amide bonds. The number of rotatable bonds is 4. The van der Waals surface area contributed by atoms with Crippen molar-refractivity contribution < 1.29 is 14.6 Å². The Hall–Kier alpha value is -1.95. The molecule has 1 aromatic carbocycles. The molecule has 0 saturated heterocycles. The van der Waals surface area contributed by atoms with Crippen molar-refractivity contribution in [3.63, 3.8) is 0 Å². The summed E-state index contributed by atoms with van der Waals surface area (Å²) in [5.41, 5.74) is 0.231. The van der Waals surface area contributed by atoms with Crippen LogP contribution in [0.2, 0.25) is 0 Å². The van der Waals surface area contributed by atoms with Gasteiger partial charge in [0.25, 0.3) is 0 Å². The summed E-state index contributed by atoms with van der Waals surface area (Å²) in [6.07, 6.45) is 0.647. The highest BCUT2D eigenvalue weighted by atomic mass is 16.5. The van der Waals surface area contributed by atoms with Gasteiger partial charge in [0.2, 0.25) is 0 Å². The van der Waals surface area contributed by atoms with E-state index in [9.17, 15) is 4.79 Å². The average Bonchev–Trinajstić information content (AvgIpc) is 2.25. The van der Waals surface area contributed by atoms with Gasteiger partial charge < -0.3 is 9.84 Å². The Balaban J connectivity index is 2.56. The standard InChI is InChI=1S/C12H12O3/c1-2-3-4-8-15-11-7-5-6-10(9-11)12(13)14/h5-7,9H,4,8H2,1H3,(H,13,14). The fourth-order valence-corrected chi connectivity index (χ4v) is 1.06. The molecular formula is C12H12O3. The van der Waals surface area contributed by atoms with Crippen molar-refractivity contribution in [2.45, 2.75) is 13.3 Å². The molecule has 0 bridgehead atoms. The minimum absolute atomic E-state index is 0.231. The summed E-state index contributed by atoms with van der Waals surface area (Å²) < 4.78 is 5.33. The van der Waals surface area contributed by atoms with Gasteiger partial charge >= 0.3 is 5.97 Å². The third kappa shape index (κ3) is 3.74. The van der Waals surface area contributed by atoms with E-state index in [0.717, 1.165) is 0 Å². The fourth-order valence-electron chi connectivity index (χ4n) is 1.06. The van der Waals surface area contributed by atoms with E-state index in [1.54, 1.807) is 19.1 Å². The number of ether oxygens (including phenoxy) is 1. The monoisotopic (exact) mass is 204 g/mol. The molecule has 0 aliphatic heterocycles. The smallest absolute Gasteiger partial charge is 0.335 e. The van der Waals surface area contributed by atoms with Crippen molar-refractivity contribution in [3.8, 4) is 17.6 Å². The Morgan fingerprint density at radius 2 is 2.33 bits per heavy atom. The summed E-state index contributed by atoms with van der Waals surface area (Å²) in [7, 11) is 0. The van der Waals surface area contributed by atoms with Crippen LogP contribution < -0.4 is 4.74 Å². The summed E-state index contributed by atoms with van der Waals surface area (Å²) in [5, 5.41) is 8.74. The van der Waals surface area contributed by atoms with Crippen LogP contribution in [0.1, 0.15) is 23.7 Å². The lowest BCUT2D eigenvalue weighted by Crippen LogP contribution is -1.99. The first-order valence-electron chi connectivity index (χ1n) is 4.60. The largest absolute Gasteiger partial charge is 0.493 e. The molecule has 0 heterocycles. The quantitative estimate of drug-likeness (QED) is 0.604. The van der Waals surface area contributed by atoms with Crippen LogP contribution in [0, 0.1) is 11.8 Å². The summed E-state index contributed by atoms with van der Waals surface area (Å²) in [6.45, 7) is 2.25. The molecule has 1 N–H and O–H groups in total. The Bertz CT molecular complexity index is 399.